The highest BCUT2D eigenvalue weighted by atomic mass is 19.1. The van der Waals surface area contributed by atoms with E-state index in [2.05, 4.69) is 10.1 Å². The van der Waals surface area contributed by atoms with E-state index < -0.39 is 5.82 Å². The standard InChI is InChI=1S/C21H18FN3O2/c1-13-11-19(27-16-7-5-4-6-8-16)25-21(23-13)20(14(2)24-25)15-9-10-18(26-3)17(22)12-15/h4-12H,1-3H3. The highest BCUT2D eigenvalue weighted by molar-refractivity contribution is 5.80. The molecule has 0 atom stereocenters. The van der Waals surface area contributed by atoms with Gasteiger partial charge in [0.15, 0.2) is 17.2 Å². The molecule has 0 aliphatic rings. The maximum Gasteiger partial charge on any atom is 0.224 e. The van der Waals surface area contributed by atoms with Crippen molar-refractivity contribution < 1.29 is 13.9 Å². The van der Waals surface area contributed by atoms with Gasteiger partial charge in [-0.1, -0.05) is 24.3 Å². The largest absolute Gasteiger partial charge is 0.494 e. The molecule has 6 heteroatoms. The lowest BCUT2D eigenvalue weighted by molar-refractivity contribution is 0.386. The first kappa shape index (κ1) is 17.0. The summed E-state index contributed by atoms with van der Waals surface area (Å²) >= 11 is 0. The fourth-order valence-electron chi connectivity index (χ4n) is 3.05. The number of fused-ring (bicyclic) bond motifs is 1. The molecule has 0 fully saturated rings. The van der Waals surface area contributed by atoms with E-state index >= 15 is 0 Å². The van der Waals surface area contributed by atoms with Crippen LogP contribution < -0.4 is 9.47 Å². The molecule has 0 bridgehead atoms. The molecule has 0 aliphatic carbocycles. The molecule has 27 heavy (non-hydrogen) atoms. The van der Waals surface area contributed by atoms with Gasteiger partial charge in [-0.15, -0.1) is 0 Å². The Labute approximate surface area is 156 Å². The van der Waals surface area contributed by atoms with Crippen molar-refractivity contribution in [3.8, 4) is 28.5 Å². The van der Waals surface area contributed by atoms with Gasteiger partial charge in [-0.25, -0.2) is 9.37 Å². The summed E-state index contributed by atoms with van der Waals surface area (Å²) in [7, 11) is 1.44. The van der Waals surface area contributed by atoms with Crippen LogP contribution in [-0.2, 0) is 0 Å². The average molecular weight is 363 g/mol. The summed E-state index contributed by atoms with van der Waals surface area (Å²) in [6, 6.07) is 16.1. The van der Waals surface area contributed by atoms with Gasteiger partial charge < -0.3 is 9.47 Å². The minimum atomic E-state index is -0.429. The number of ether oxygens (including phenoxy) is 2. The molecule has 0 spiro atoms. The quantitative estimate of drug-likeness (QED) is 0.515. The molecule has 136 valence electrons. The Hall–Kier alpha value is -3.41. The fraction of sp³-hybridized carbons (Fsp3) is 0.143. The van der Waals surface area contributed by atoms with Gasteiger partial charge in [0.05, 0.1) is 12.8 Å². The zero-order valence-corrected chi connectivity index (χ0v) is 15.2. The van der Waals surface area contributed by atoms with E-state index in [9.17, 15) is 4.39 Å². The lowest BCUT2D eigenvalue weighted by Crippen LogP contribution is -1.99. The molecule has 0 amide bonds. The van der Waals surface area contributed by atoms with Crippen LogP contribution in [0.4, 0.5) is 4.39 Å². The molecular formula is C21H18FN3O2. The Morgan fingerprint density at radius 1 is 1.00 bits per heavy atom. The topological polar surface area (TPSA) is 48.7 Å². The first-order valence-corrected chi connectivity index (χ1v) is 8.50. The first-order chi connectivity index (χ1) is 13.1. The molecule has 2 aromatic carbocycles. The molecular weight excluding hydrogens is 345 g/mol. The van der Waals surface area contributed by atoms with Crippen LogP contribution in [0.5, 0.6) is 17.4 Å². The predicted molar refractivity (Wildman–Crippen MR) is 101 cm³/mol. The molecule has 4 aromatic rings. The van der Waals surface area contributed by atoms with E-state index in [-0.39, 0.29) is 5.75 Å². The van der Waals surface area contributed by atoms with Crippen LogP contribution in [0.15, 0.2) is 54.6 Å². The van der Waals surface area contributed by atoms with Gasteiger partial charge in [0.1, 0.15) is 5.75 Å². The van der Waals surface area contributed by atoms with Gasteiger partial charge in [0.25, 0.3) is 0 Å². The normalized spacial score (nSPS) is 11.0. The highest BCUT2D eigenvalue weighted by Gasteiger charge is 2.18. The maximum absolute atomic E-state index is 14.2. The Morgan fingerprint density at radius 3 is 2.48 bits per heavy atom. The Kier molecular flexibility index (Phi) is 4.24. The van der Waals surface area contributed by atoms with Crippen molar-refractivity contribution in [1.29, 1.82) is 0 Å². The average Bonchev–Trinajstić information content (AvgIpc) is 2.98. The number of hydrogen-bond donors (Lipinski definition) is 0. The predicted octanol–water partition coefficient (Wildman–Crippen LogP) is 4.95. The zero-order valence-electron chi connectivity index (χ0n) is 15.2. The van der Waals surface area contributed by atoms with E-state index in [4.69, 9.17) is 9.47 Å². The number of benzene rings is 2. The fourth-order valence-corrected chi connectivity index (χ4v) is 3.05. The van der Waals surface area contributed by atoms with Crippen LogP contribution in [0.2, 0.25) is 0 Å². The molecule has 0 radical (unpaired) electrons. The Morgan fingerprint density at radius 2 is 1.78 bits per heavy atom. The number of methoxy groups -OCH3 is 1. The van der Waals surface area contributed by atoms with Crippen LogP contribution in [0, 0.1) is 19.7 Å². The summed E-state index contributed by atoms with van der Waals surface area (Å²) in [5.41, 5.74) is 3.57. The molecule has 2 aromatic heterocycles. The number of aryl methyl sites for hydroxylation is 2. The van der Waals surface area contributed by atoms with E-state index in [1.54, 1.807) is 16.6 Å². The van der Waals surface area contributed by atoms with Crippen LogP contribution in [0.25, 0.3) is 16.8 Å². The van der Waals surface area contributed by atoms with Gasteiger partial charge in [-0.3, -0.25) is 0 Å². The Bertz CT molecular complexity index is 1120. The van der Waals surface area contributed by atoms with E-state index in [0.717, 1.165) is 17.0 Å². The van der Waals surface area contributed by atoms with Gasteiger partial charge in [-0.05, 0) is 43.7 Å². The summed E-state index contributed by atoms with van der Waals surface area (Å²) in [5.74, 6) is 1.02. The SMILES string of the molecule is COc1ccc(-c2c(C)nn3c(Oc4ccccc4)cc(C)nc23)cc1F. The van der Waals surface area contributed by atoms with Crippen molar-refractivity contribution in [3.63, 3.8) is 0 Å². The summed E-state index contributed by atoms with van der Waals surface area (Å²) in [5, 5.41) is 4.57. The molecule has 0 saturated heterocycles. The van der Waals surface area contributed by atoms with Crippen molar-refractivity contribution in [1.82, 2.24) is 14.6 Å². The first-order valence-electron chi connectivity index (χ1n) is 8.50. The van der Waals surface area contributed by atoms with Crippen molar-refractivity contribution in [2.24, 2.45) is 0 Å². The van der Waals surface area contributed by atoms with Gasteiger partial charge >= 0.3 is 0 Å². The maximum atomic E-state index is 14.2. The molecule has 0 N–H and O–H groups in total. The van der Waals surface area contributed by atoms with E-state index in [0.29, 0.717) is 22.8 Å². The number of para-hydroxylation sites is 1. The zero-order chi connectivity index (χ0) is 19.0. The second-order valence-electron chi connectivity index (χ2n) is 6.20. The van der Waals surface area contributed by atoms with Gasteiger partial charge in [0, 0.05) is 17.3 Å². The summed E-state index contributed by atoms with van der Waals surface area (Å²) in [6.45, 7) is 3.76. The second kappa shape index (κ2) is 6.72. The van der Waals surface area contributed by atoms with Crippen LogP contribution in [-0.4, -0.2) is 21.7 Å². The Balaban J connectivity index is 1.88. The monoisotopic (exact) mass is 363 g/mol. The van der Waals surface area contributed by atoms with Crippen molar-refractivity contribution in [2.75, 3.05) is 7.11 Å². The molecule has 2 heterocycles. The van der Waals surface area contributed by atoms with Crippen molar-refractivity contribution >= 4 is 5.65 Å². The third kappa shape index (κ3) is 3.10. The van der Waals surface area contributed by atoms with Gasteiger partial charge in [-0.2, -0.15) is 9.61 Å². The van der Waals surface area contributed by atoms with Crippen LogP contribution in [0.3, 0.4) is 0 Å². The number of hydrogen-bond acceptors (Lipinski definition) is 4. The summed E-state index contributed by atoms with van der Waals surface area (Å²) in [6.07, 6.45) is 0. The van der Waals surface area contributed by atoms with Crippen LogP contribution in [0.1, 0.15) is 11.4 Å². The van der Waals surface area contributed by atoms with Gasteiger partial charge in [0.2, 0.25) is 5.88 Å². The number of aromatic nitrogens is 3. The third-order valence-electron chi connectivity index (χ3n) is 4.27. The highest BCUT2D eigenvalue weighted by Crippen LogP contribution is 2.33. The molecule has 5 nitrogen and oxygen atoms in total. The lowest BCUT2D eigenvalue weighted by Gasteiger charge is -2.09. The third-order valence-corrected chi connectivity index (χ3v) is 4.27. The number of nitrogens with zero attached hydrogens (tertiary/aromatic N) is 3. The molecule has 0 aliphatic heterocycles. The van der Waals surface area contributed by atoms with Crippen LogP contribution >= 0.6 is 0 Å². The second-order valence-corrected chi connectivity index (χ2v) is 6.20. The smallest absolute Gasteiger partial charge is 0.224 e. The lowest BCUT2D eigenvalue weighted by atomic mass is 10.1. The number of halogens is 1. The van der Waals surface area contributed by atoms with E-state index in [1.165, 1.54) is 13.2 Å². The van der Waals surface area contributed by atoms with E-state index in [1.807, 2.05) is 50.2 Å². The molecule has 0 unspecified atom stereocenters. The summed E-state index contributed by atoms with van der Waals surface area (Å²) < 4.78 is 26.9. The number of rotatable bonds is 4. The minimum Gasteiger partial charge on any atom is -0.494 e. The summed E-state index contributed by atoms with van der Waals surface area (Å²) in [4.78, 5) is 4.61. The van der Waals surface area contributed by atoms with Crippen molar-refractivity contribution in [2.45, 2.75) is 13.8 Å². The minimum absolute atomic E-state index is 0.199. The van der Waals surface area contributed by atoms with Crippen molar-refractivity contribution in [3.05, 3.63) is 71.8 Å². The molecule has 0 saturated carbocycles. The molecule has 4 rings (SSSR count).